The smallest absolute Gasteiger partial charge is 0.270 e. The number of amides is 2. The molecule has 1 aromatic carbocycles. The molecule has 0 aliphatic heterocycles. The van der Waals surface area contributed by atoms with Crippen molar-refractivity contribution >= 4 is 11.8 Å². The summed E-state index contributed by atoms with van der Waals surface area (Å²) in [5, 5.41) is 10.5. The highest BCUT2D eigenvalue weighted by Gasteiger charge is 2.22. The van der Waals surface area contributed by atoms with Crippen molar-refractivity contribution in [3.8, 4) is 17.1 Å². The Bertz CT molecular complexity index is 1240. The maximum Gasteiger partial charge on any atom is 0.270 e. The molecule has 0 radical (unpaired) electrons. The SMILES string of the molecule is COc1cc(CNC(=O)c2cc(-c3ncn(C[C@H]4CC[C@H](NC(C)=O)CC4)n3)cc(C)n2)ccc1F. The van der Waals surface area contributed by atoms with Crippen LogP contribution in [0.25, 0.3) is 11.4 Å². The van der Waals surface area contributed by atoms with Gasteiger partial charge < -0.3 is 15.4 Å². The number of nitrogens with zero attached hydrogens (tertiary/aromatic N) is 4. The summed E-state index contributed by atoms with van der Waals surface area (Å²) >= 11 is 0. The standard InChI is InChI=1S/C26H31FN6O3/c1-16-10-20(12-23(30-16)26(35)28-13-19-6-9-22(27)24(11-19)36-3)25-29-15-33(32-25)14-18-4-7-21(8-5-18)31-17(2)34/h6,9-12,15,18,21H,4-5,7-8,13-14H2,1-3H3,(H,28,35)(H,31,34)/t18-,21-. The second-order valence-corrected chi connectivity index (χ2v) is 9.24. The van der Waals surface area contributed by atoms with Crippen LogP contribution < -0.4 is 15.4 Å². The highest BCUT2D eigenvalue weighted by molar-refractivity contribution is 5.93. The van der Waals surface area contributed by atoms with E-state index in [1.54, 1.807) is 31.5 Å². The van der Waals surface area contributed by atoms with Crippen molar-refractivity contribution in [2.45, 2.75) is 58.7 Å². The van der Waals surface area contributed by atoms with E-state index in [9.17, 15) is 14.0 Å². The van der Waals surface area contributed by atoms with Crippen LogP contribution in [0, 0.1) is 18.7 Å². The van der Waals surface area contributed by atoms with Gasteiger partial charge in [0.2, 0.25) is 5.91 Å². The van der Waals surface area contributed by atoms with E-state index in [1.165, 1.54) is 13.2 Å². The van der Waals surface area contributed by atoms with Crippen molar-refractivity contribution in [1.29, 1.82) is 0 Å². The average molecular weight is 495 g/mol. The van der Waals surface area contributed by atoms with Crippen LogP contribution in [0.5, 0.6) is 5.75 Å². The summed E-state index contributed by atoms with van der Waals surface area (Å²) in [5.74, 6) is 0.358. The molecular formula is C26H31FN6O3. The van der Waals surface area contributed by atoms with Gasteiger partial charge in [-0.05, 0) is 68.4 Å². The molecule has 0 bridgehead atoms. The predicted octanol–water partition coefficient (Wildman–Crippen LogP) is 3.42. The Kier molecular flexibility index (Phi) is 7.92. The Morgan fingerprint density at radius 2 is 1.94 bits per heavy atom. The number of ether oxygens (including phenoxy) is 1. The number of methoxy groups -OCH3 is 1. The van der Waals surface area contributed by atoms with Crippen LogP contribution in [0.2, 0.25) is 0 Å². The maximum absolute atomic E-state index is 13.6. The molecule has 190 valence electrons. The highest BCUT2D eigenvalue weighted by atomic mass is 19.1. The molecule has 2 aromatic heterocycles. The number of pyridine rings is 1. The minimum absolute atomic E-state index is 0.0238. The molecule has 0 atom stereocenters. The lowest BCUT2D eigenvalue weighted by Gasteiger charge is -2.28. The molecule has 0 unspecified atom stereocenters. The first-order valence-electron chi connectivity index (χ1n) is 12.1. The van der Waals surface area contributed by atoms with Crippen LogP contribution in [0.3, 0.4) is 0 Å². The topological polar surface area (TPSA) is 111 Å². The molecule has 1 saturated carbocycles. The van der Waals surface area contributed by atoms with E-state index in [-0.39, 0.29) is 35.8 Å². The molecule has 2 N–H and O–H groups in total. The first-order chi connectivity index (χ1) is 17.3. The van der Waals surface area contributed by atoms with E-state index in [4.69, 9.17) is 4.74 Å². The van der Waals surface area contributed by atoms with Crippen LogP contribution >= 0.6 is 0 Å². The Balaban J connectivity index is 1.38. The molecule has 10 heteroatoms. The third-order valence-electron chi connectivity index (χ3n) is 6.35. The number of rotatable bonds is 8. The van der Waals surface area contributed by atoms with Gasteiger partial charge in [0.25, 0.3) is 5.91 Å². The normalized spacial score (nSPS) is 17.4. The average Bonchev–Trinajstić information content (AvgIpc) is 3.32. The summed E-state index contributed by atoms with van der Waals surface area (Å²) in [4.78, 5) is 32.9. The van der Waals surface area contributed by atoms with Gasteiger partial charge in [0.15, 0.2) is 17.4 Å². The Morgan fingerprint density at radius 3 is 2.67 bits per heavy atom. The molecule has 4 rings (SSSR count). The van der Waals surface area contributed by atoms with Crippen molar-refractivity contribution in [3.05, 3.63) is 59.4 Å². The second-order valence-electron chi connectivity index (χ2n) is 9.24. The number of benzene rings is 1. The molecule has 9 nitrogen and oxygen atoms in total. The zero-order chi connectivity index (χ0) is 25.7. The summed E-state index contributed by atoms with van der Waals surface area (Å²) in [6.07, 6.45) is 5.71. The lowest BCUT2D eigenvalue weighted by atomic mass is 9.86. The molecule has 1 aliphatic carbocycles. The van der Waals surface area contributed by atoms with E-state index >= 15 is 0 Å². The number of aromatic nitrogens is 4. The Labute approximate surface area is 209 Å². The van der Waals surface area contributed by atoms with E-state index in [2.05, 4.69) is 25.7 Å². The monoisotopic (exact) mass is 494 g/mol. The van der Waals surface area contributed by atoms with E-state index < -0.39 is 5.82 Å². The minimum atomic E-state index is -0.456. The maximum atomic E-state index is 13.6. The molecule has 36 heavy (non-hydrogen) atoms. The number of nitrogens with one attached hydrogen (secondary N) is 2. The number of hydrogen-bond donors (Lipinski definition) is 2. The van der Waals surface area contributed by atoms with Gasteiger partial charge in [-0.25, -0.2) is 14.4 Å². The molecule has 1 aliphatic rings. The van der Waals surface area contributed by atoms with Gasteiger partial charge in [-0.15, -0.1) is 0 Å². The highest BCUT2D eigenvalue weighted by Crippen LogP contribution is 2.26. The summed E-state index contributed by atoms with van der Waals surface area (Å²) in [6, 6.07) is 8.23. The predicted molar refractivity (Wildman–Crippen MR) is 132 cm³/mol. The van der Waals surface area contributed by atoms with E-state index in [0.29, 0.717) is 28.6 Å². The summed E-state index contributed by atoms with van der Waals surface area (Å²) in [5.41, 5.74) is 2.35. The van der Waals surface area contributed by atoms with Crippen LogP contribution in [-0.2, 0) is 17.9 Å². The lowest BCUT2D eigenvalue weighted by molar-refractivity contribution is -0.119. The molecule has 2 heterocycles. The van der Waals surface area contributed by atoms with Crippen LogP contribution in [-0.4, -0.2) is 44.7 Å². The summed E-state index contributed by atoms with van der Waals surface area (Å²) in [6.45, 7) is 4.34. The first-order valence-corrected chi connectivity index (χ1v) is 12.1. The lowest BCUT2D eigenvalue weighted by Crippen LogP contribution is -2.36. The fourth-order valence-electron chi connectivity index (χ4n) is 4.56. The second kappa shape index (κ2) is 11.3. The number of carbonyl (C=O) groups excluding carboxylic acids is 2. The molecule has 2 amide bonds. The zero-order valence-electron chi connectivity index (χ0n) is 20.8. The van der Waals surface area contributed by atoms with Gasteiger partial charge in [0, 0.05) is 37.3 Å². The van der Waals surface area contributed by atoms with Gasteiger partial charge in [-0.1, -0.05) is 6.07 Å². The number of halogens is 1. The number of aryl methyl sites for hydroxylation is 1. The van der Waals surface area contributed by atoms with Gasteiger partial charge >= 0.3 is 0 Å². The fourth-order valence-corrected chi connectivity index (χ4v) is 4.56. The van der Waals surface area contributed by atoms with Gasteiger partial charge in [0.05, 0.1) is 7.11 Å². The molecule has 3 aromatic rings. The number of hydrogen-bond acceptors (Lipinski definition) is 6. The Morgan fingerprint density at radius 1 is 1.17 bits per heavy atom. The third-order valence-corrected chi connectivity index (χ3v) is 6.35. The molecule has 0 saturated heterocycles. The van der Waals surface area contributed by atoms with E-state index in [0.717, 1.165) is 32.2 Å². The minimum Gasteiger partial charge on any atom is -0.494 e. The summed E-state index contributed by atoms with van der Waals surface area (Å²) < 4.78 is 20.5. The molecule has 0 spiro atoms. The third kappa shape index (κ3) is 6.44. The quantitative estimate of drug-likeness (QED) is 0.496. The molecular weight excluding hydrogens is 463 g/mol. The fraction of sp³-hybridized carbons (Fsp3) is 0.423. The first kappa shape index (κ1) is 25.3. The largest absolute Gasteiger partial charge is 0.494 e. The van der Waals surface area contributed by atoms with Crippen molar-refractivity contribution in [2.24, 2.45) is 5.92 Å². The Hall–Kier alpha value is -3.82. The van der Waals surface area contributed by atoms with Crippen LogP contribution in [0.1, 0.15) is 54.4 Å². The zero-order valence-corrected chi connectivity index (χ0v) is 20.8. The van der Waals surface area contributed by atoms with Crippen molar-refractivity contribution in [1.82, 2.24) is 30.4 Å². The van der Waals surface area contributed by atoms with Gasteiger partial charge in [-0.3, -0.25) is 14.3 Å². The van der Waals surface area contributed by atoms with Crippen molar-refractivity contribution in [3.63, 3.8) is 0 Å². The van der Waals surface area contributed by atoms with Gasteiger partial charge in [-0.2, -0.15) is 5.10 Å². The van der Waals surface area contributed by atoms with Crippen LogP contribution in [0.4, 0.5) is 4.39 Å². The van der Waals surface area contributed by atoms with Crippen molar-refractivity contribution < 1.29 is 18.7 Å². The molecule has 1 fully saturated rings. The van der Waals surface area contributed by atoms with E-state index in [1.807, 2.05) is 17.7 Å². The summed E-state index contributed by atoms with van der Waals surface area (Å²) in [7, 11) is 1.40. The van der Waals surface area contributed by atoms with Crippen LogP contribution in [0.15, 0.2) is 36.7 Å². The van der Waals surface area contributed by atoms with Crippen molar-refractivity contribution in [2.75, 3.05) is 7.11 Å². The number of carbonyl (C=O) groups is 2. The van der Waals surface area contributed by atoms with Gasteiger partial charge in [0.1, 0.15) is 12.0 Å².